The van der Waals surface area contributed by atoms with Gasteiger partial charge in [-0.3, -0.25) is 0 Å². The lowest BCUT2D eigenvalue weighted by Crippen LogP contribution is -3.00. The maximum atomic E-state index is 2.44. The van der Waals surface area contributed by atoms with E-state index in [1.807, 2.05) is 23.1 Å². The third-order valence-corrected chi connectivity index (χ3v) is 8.97. The third kappa shape index (κ3) is 6.32. The summed E-state index contributed by atoms with van der Waals surface area (Å²) in [6.07, 6.45) is 18.1. The first-order chi connectivity index (χ1) is 17.5. The first kappa shape index (κ1) is 27.9. The van der Waals surface area contributed by atoms with Gasteiger partial charge in [-0.2, -0.15) is 4.57 Å². The van der Waals surface area contributed by atoms with Crippen LogP contribution in [0.15, 0.2) is 106 Å². The van der Waals surface area contributed by atoms with Gasteiger partial charge in [0.25, 0.3) is 5.01 Å². The minimum Gasteiger partial charge on any atom is -1.00 e. The zero-order valence-electron chi connectivity index (χ0n) is 22.1. The van der Waals surface area contributed by atoms with Gasteiger partial charge in [-0.1, -0.05) is 91.6 Å². The highest BCUT2D eigenvalue weighted by molar-refractivity contribution is 8.03. The van der Waals surface area contributed by atoms with Crippen molar-refractivity contribution < 1.29 is 28.5 Å². The molecule has 3 aromatic rings. The Kier molecular flexibility index (Phi) is 9.20. The van der Waals surface area contributed by atoms with Crippen molar-refractivity contribution in [2.75, 3.05) is 11.4 Å². The standard InChI is InChI=1S/C32H35N2S2.HI/c1-5-33-26-15-10-12-17-28(26)35-30(33)19-9-7-8-14-24-20-25(23-32(3,4)22-24)21-31-34(6-2)27-16-11-13-18-29(27)36-31;/h7-21H,5-6,22-23H2,1-4H3;1H/q+1;/p-1. The second kappa shape index (κ2) is 12.2. The molecule has 0 atom stereocenters. The number of rotatable bonds is 6. The Bertz CT molecular complexity index is 1420. The molecular weight excluding hydrogens is 603 g/mol. The van der Waals surface area contributed by atoms with Gasteiger partial charge < -0.3 is 28.9 Å². The predicted octanol–water partition coefficient (Wildman–Crippen LogP) is 5.93. The van der Waals surface area contributed by atoms with Gasteiger partial charge in [0, 0.05) is 23.6 Å². The molecule has 1 aromatic heterocycles. The van der Waals surface area contributed by atoms with Crippen LogP contribution in [0.5, 0.6) is 0 Å². The largest absolute Gasteiger partial charge is 1.00 e. The number of halogens is 1. The van der Waals surface area contributed by atoms with Crippen molar-refractivity contribution in [2.45, 2.75) is 52.0 Å². The Hall–Kier alpha value is -2.09. The molecule has 0 amide bonds. The lowest BCUT2D eigenvalue weighted by atomic mass is 9.75. The van der Waals surface area contributed by atoms with E-state index in [1.165, 1.54) is 42.0 Å². The first-order valence-corrected chi connectivity index (χ1v) is 14.5. The highest BCUT2D eigenvalue weighted by Crippen LogP contribution is 2.47. The molecule has 0 spiro atoms. The molecule has 5 heteroatoms. The molecule has 1 aliphatic heterocycles. The molecule has 192 valence electrons. The van der Waals surface area contributed by atoms with Gasteiger partial charge in [0.15, 0.2) is 0 Å². The Morgan fingerprint density at radius 1 is 0.973 bits per heavy atom. The van der Waals surface area contributed by atoms with Crippen molar-refractivity contribution in [2.24, 2.45) is 5.41 Å². The number of aryl methyl sites for hydroxylation is 1. The zero-order chi connectivity index (χ0) is 25.1. The van der Waals surface area contributed by atoms with Crippen LogP contribution in [0, 0.1) is 5.41 Å². The molecule has 5 rings (SSSR count). The number of hydrogen-bond donors (Lipinski definition) is 0. The molecule has 1 aliphatic carbocycles. The van der Waals surface area contributed by atoms with E-state index >= 15 is 0 Å². The molecule has 0 saturated carbocycles. The topological polar surface area (TPSA) is 7.12 Å². The number of fused-ring (bicyclic) bond motifs is 2. The lowest BCUT2D eigenvalue weighted by Gasteiger charge is -2.31. The summed E-state index contributed by atoms with van der Waals surface area (Å²) in [5.41, 5.74) is 5.73. The van der Waals surface area contributed by atoms with Crippen molar-refractivity contribution in [3.05, 3.63) is 106 Å². The van der Waals surface area contributed by atoms with Crippen LogP contribution in [0.2, 0.25) is 0 Å². The van der Waals surface area contributed by atoms with E-state index in [2.05, 4.69) is 128 Å². The van der Waals surface area contributed by atoms with Crippen molar-refractivity contribution in [3.8, 4) is 0 Å². The molecule has 2 nitrogen and oxygen atoms in total. The van der Waals surface area contributed by atoms with Gasteiger partial charge in [0.05, 0.1) is 10.7 Å². The molecule has 0 N–H and O–H groups in total. The van der Waals surface area contributed by atoms with E-state index in [0.717, 1.165) is 25.9 Å². The predicted molar refractivity (Wildman–Crippen MR) is 158 cm³/mol. The number of allylic oxidation sites excluding steroid dienone is 8. The molecule has 0 saturated heterocycles. The fraction of sp³-hybridized carbons (Fsp3) is 0.281. The van der Waals surface area contributed by atoms with E-state index in [0.29, 0.717) is 0 Å². The number of hydrogen-bond acceptors (Lipinski definition) is 3. The molecule has 37 heavy (non-hydrogen) atoms. The van der Waals surface area contributed by atoms with E-state index in [9.17, 15) is 0 Å². The normalized spacial score (nSPS) is 19.2. The Labute approximate surface area is 247 Å². The average Bonchev–Trinajstić information content (AvgIpc) is 3.39. The fourth-order valence-corrected chi connectivity index (χ4v) is 7.58. The molecule has 2 aliphatic rings. The first-order valence-electron chi connectivity index (χ1n) is 12.9. The molecule has 2 aromatic carbocycles. The monoisotopic (exact) mass is 638 g/mol. The molecule has 2 heterocycles. The molecular formula is C32H35IN2S2. The second-order valence-electron chi connectivity index (χ2n) is 10.2. The Morgan fingerprint density at radius 3 is 2.57 bits per heavy atom. The van der Waals surface area contributed by atoms with Crippen LogP contribution in [0.3, 0.4) is 0 Å². The third-order valence-electron chi connectivity index (χ3n) is 6.72. The number of para-hydroxylation sites is 2. The summed E-state index contributed by atoms with van der Waals surface area (Å²) in [4.78, 5) is 3.79. The maximum Gasteiger partial charge on any atom is 0.262 e. The number of thiazole rings is 1. The van der Waals surface area contributed by atoms with Crippen LogP contribution in [-0.4, -0.2) is 6.54 Å². The molecule has 0 fully saturated rings. The molecule has 0 radical (unpaired) electrons. The van der Waals surface area contributed by atoms with Gasteiger partial charge in [-0.15, -0.1) is 0 Å². The fourth-order valence-electron chi connectivity index (χ4n) is 5.24. The highest BCUT2D eigenvalue weighted by Gasteiger charge is 2.27. The second-order valence-corrected chi connectivity index (χ2v) is 12.3. The summed E-state index contributed by atoms with van der Waals surface area (Å²) in [6.45, 7) is 11.2. The van der Waals surface area contributed by atoms with Crippen molar-refractivity contribution in [1.82, 2.24) is 0 Å². The lowest BCUT2D eigenvalue weighted by molar-refractivity contribution is -0.665. The van der Waals surface area contributed by atoms with Gasteiger partial charge in [0.1, 0.15) is 11.2 Å². The Balaban J connectivity index is 0.00000320. The summed E-state index contributed by atoms with van der Waals surface area (Å²) in [5.74, 6) is 0. The number of thioether (sulfide) groups is 1. The van der Waals surface area contributed by atoms with Crippen molar-refractivity contribution in [1.29, 1.82) is 0 Å². The number of aromatic nitrogens is 1. The van der Waals surface area contributed by atoms with E-state index in [1.54, 1.807) is 0 Å². The van der Waals surface area contributed by atoms with Gasteiger partial charge in [0.2, 0.25) is 5.52 Å². The number of benzene rings is 2. The summed E-state index contributed by atoms with van der Waals surface area (Å²) in [6, 6.07) is 17.4. The van der Waals surface area contributed by atoms with Crippen LogP contribution < -0.4 is 33.4 Å². The van der Waals surface area contributed by atoms with E-state index < -0.39 is 0 Å². The van der Waals surface area contributed by atoms with E-state index in [-0.39, 0.29) is 29.4 Å². The summed E-state index contributed by atoms with van der Waals surface area (Å²) in [5, 5.41) is 2.63. The van der Waals surface area contributed by atoms with Crippen LogP contribution in [-0.2, 0) is 6.54 Å². The van der Waals surface area contributed by atoms with Gasteiger partial charge >= 0.3 is 0 Å². The SMILES string of the molecule is CCN1/C(=C/C2=CC(=C/C=C/C=C/c3sc4ccccc4[n+]3CC)/CC(C)(C)C2)Sc2ccccc21.[I-]. The quantitative estimate of drug-likeness (QED) is 0.188. The number of nitrogens with zero attached hydrogens (tertiary/aromatic N) is 2. The van der Waals surface area contributed by atoms with Crippen LogP contribution in [0.1, 0.15) is 45.5 Å². The summed E-state index contributed by atoms with van der Waals surface area (Å²) in [7, 11) is 0. The van der Waals surface area contributed by atoms with Gasteiger partial charge in [-0.25, -0.2) is 0 Å². The van der Waals surface area contributed by atoms with E-state index in [4.69, 9.17) is 0 Å². The summed E-state index contributed by atoms with van der Waals surface area (Å²) < 4.78 is 3.72. The zero-order valence-corrected chi connectivity index (χ0v) is 25.9. The smallest absolute Gasteiger partial charge is 0.262 e. The minimum atomic E-state index is 0. The Morgan fingerprint density at radius 2 is 1.76 bits per heavy atom. The average molecular weight is 639 g/mol. The minimum absolute atomic E-state index is 0. The highest BCUT2D eigenvalue weighted by atomic mass is 127. The van der Waals surface area contributed by atoms with Crippen molar-refractivity contribution >= 4 is 45.1 Å². The maximum absolute atomic E-state index is 2.44. The van der Waals surface area contributed by atoms with Crippen LogP contribution in [0.25, 0.3) is 16.3 Å². The number of anilines is 1. The molecule has 0 unspecified atom stereocenters. The van der Waals surface area contributed by atoms with Crippen LogP contribution in [0.4, 0.5) is 5.69 Å². The summed E-state index contributed by atoms with van der Waals surface area (Å²) >= 11 is 3.75. The molecule has 0 bridgehead atoms. The van der Waals surface area contributed by atoms with Gasteiger partial charge in [-0.05, 0) is 67.5 Å². The van der Waals surface area contributed by atoms with Crippen molar-refractivity contribution in [3.63, 3.8) is 0 Å². The van der Waals surface area contributed by atoms with Crippen LogP contribution >= 0.6 is 23.1 Å².